The topological polar surface area (TPSA) is 61.2 Å². The van der Waals surface area contributed by atoms with Crippen LogP contribution in [0.25, 0.3) is 5.65 Å². The molecule has 1 aliphatic heterocycles. The van der Waals surface area contributed by atoms with E-state index in [0.717, 1.165) is 24.3 Å². The molecule has 0 N–H and O–H groups in total. The molecule has 0 unspecified atom stereocenters. The predicted molar refractivity (Wildman–Crippen MR) is 92.1 cm³/mol. The Kier molecular flexibility index (Phi) is 4.53. The van der Waals surface area contributed by atoms with Crippen molar-refractivity contribution in [3.05, 3.63) is 46.0 Å². The number of carbonyl (C=O) groups is 1. The molecule has 0 radical (unpaired) electrons. The minimum atomic E-state index is -0.0554. The first-order valence-electron chi connectivity index (χ1n) is 8.11. The highest BCUT2D eigenvalue weighted by molar-refractivity contribution is 5.73. The van der Waals surface area contributed by atoms with Gasteiger partial charge in [0.2, 0.25) is 0 Å². The van der Waals surface area contributed by atoms with E-state index in [1.54, 1.807) is 35.7 Å². The summed E-state index contributed by atoms with van der Waals surface area (Å²) in [6.07, 6.45) is 1.81. The van der Waals surface area contributed by atoms with Crippen molar-refractivity contribution in [1.29, 1.82) is 0 Å². The Labute approximate surface area is 141 Å². The van der Waals surface area contributed by atoms with Gasteiger partial charge >= 0.3 is 6.03 Å². The van der Waals surface area contributed by atoms with Crippen molar-refractivity contribution in [3.8, 4) is 0 Å². The fraction of sp³-hybridized carbons (Fsp3) is 0.471. The summed E-state index contributed by atoms with van der Waals surface area (Å²) in [5, 5.41) is 0. The van der Waals surface area contributed by atoms with Gasteiger partial charge in [0.25, 0.3) is 5.56 Å². The van der Waals surface area contributed by atoms with E-state index in [2.05, 4.69) is 9.88 Å². The van der Waals surface area contributed by atoms with Crippen LogP contribution in [-0.2, 0) is 6.54 Å². The van der Waals surface area contributed by atoms with Gasteiger partial charge in [0.05, 0.1) is 5.69 Å². The number of nitrogens with zero attached hydrogens (tertiary/aromatic N) is 5. The number of amides is 2. The van der Waals surface area contributed by atoms with Crippen molar-refractivity contribution >= 4 is 11.7 Å². The number of fused-ring (bicyclic) bond motifs is 1. The molecule has 128 valence electrons. The van der Waals surface area contributed by atoms with Crippen molar-refractivity contribution in [2.75, 3.05) is 40.3 Å². The highest BCUT2D eigenvalue weighted by Gasteiger charge is 2.22. The zero-order valence-corrected chi connectivity index (χ0v) is 14.4. The lowest BCUT2D eigenvalue weighted by atomic mass is 10.2. The van der Waals surface area contributed by atoms with Gasteiger partial charge in [0.15, 0.2) is 0 Å². The van der Waals surface area contributed by atoms with Crippen LogP contribution in [0.1, 0.15) is 11.3 Å². The van der Waals surface area contributed by atoms with Crippen molar-refractivity contribution in [1.82, 2.24) is 24.1 Å². The van der Waals surface area contributed by atoms with Gasteiger partial charge in [-0.15, -0.1) is 0 Å². The van der Waals surface area contributed by atoms with E-state index >= 15 is 0 Å². The molecule has 3 rings (SSSR count). The van der Waals surface area contributed by atoms with Gasteiger partial charge in [-0.05, 0) is 18.6 Å². The number of rotatable bonds is 2. The van der Waals surface area contributed by atoms with E-state index in [9.17, 15) is 9.59 Å². The molecule has 24 heavy (non-hydrogen) atoms. The second-order valence-corrected chi connectivity index (χ2v) is 6.46. The molecule has 0 spiro atoms. The summed E-state index contributed by atoms with van der Waals surface area (Å²) in [6, 6.07) is 5.47. The third-order valence-electron chi connectivity index (χ3n) is 4.27. The molecule has 2 amide bonds. The number of carbonyl (C=O) groups excluding carboxylic acids is 1. The molecule has 2 aromatic rings. The van der Waals surface area contributed by atoms with E-state index in [4.69, 9.17) is 0 Å². The molecule has 0 aliphatic carbocycles. The van der Waals surface area contributed by atoms with Gasteiger partial charge in [-0.1, -0.05) is 6.07 Å². The average molecular weight is 329 g/mol. The van der Waals surface area contributed by atoms with Crippen LogP contribution < -0.4 is 5.56 Å². The van der Waals surface area contributed by atoms with Gasteiger partial charge in [0.1, 0.15) is 5.65 Å². The van der Waals surface area contributed by atoms with Gasteiger partial charge in [0, 0.05) is 59.1 Å². The van der Waals surface area contributed by atoms with Crippen LogP contribution in [0.15, 0.2) is 29.2 Å². The first-order chi connectivity index (χ1) is 11.4. The van der Waals surface area contributed by atoms with Crippen molar-refractivity contribution in [2.24, 2.45) is 0 Å². The van der Waals surface area contributed by atoms with E-state index in [1.807, 2.05) is 24.0 Å². The molecule has 0 atom stereocenters. The standard InChI is InChI=1S/C17H23N5O2/c1-13-4-5-15-18-14(10-16(23)22(15)11-13)12-20-6-8-21(9-7-20)17(24)19(2)3/h4-5,10-11H,6-9,12H2,1-3H3. The molecule has 0 saturated carbocycles. The highest BCUT2D eigenvalue weighted by Crippen LogP contribution is 2.09. The molecule has 7 nitrogen and oxygen atoms in total. The molecule has 7 heteroatoms. The summed E-state index contributed by atoms with van der Waals surface area (Å²) in [6.45, 7) is 5.55. The summed E-state index contributed by atoms with van der Waals surface area (Å²) >= 11 is 0. The van der Waals surface area contributed by atoms with Gasteiger partial charge < -0.3 is 9.80 Å². The number of aromatic nitrogens is 2. The lowest BCUT2D eigenvalue weighted by Crippen LogP contribution is -2.51. The minimum absolute atomic E-state index is 0.0482. The molecule has 1 aliphatic rings. The smallest absolute Gasteiger partial charge is 0.319 e. The van der Waals surface area contributed by atoms with Gasteiger partial charge in [-0.3, -0.25) is 14.1 Å². The molecule has 1 fully saturated rings. The van der Waals surface area contributed by atoms with Crippen LogP contribution in [-0.4, -0.2) is 70.4 Å². The minimum Gasteiger partial charge on any atom is -0.331 e. The van der Waals surface area contributed by atoms with Crippen LogP contribution in [0.2, 0.25) is 0 Å². The maximum absolute atomic E-state index is 12.3. The average Bonchev–Trinajstić information content (AvgIpc) is 2.55. The summed E-state index contributed by atoms with van der Waals surface area (Å²) in [7, 11) is 3.53. The number of piperazine rings is 1. The van der Waals surface area contributed by atoms with Crippen molar-refractivity contribution < 1.29 is 4.79 Å². The Balaban J connectivity index is 1.69. The summed E-state index contributed by atoms with van der Waals surface area (Å²) < 4.78 is 1.58. The van der Waals surface area contributed by atoms with E-state index in [0.29, 0.717) is 25.3 Å². The Morgan fingerprint density at radius 1 is 1.21 bits per heavy atom. The second-order valence-electron chi connectivity index (χ2n) is 6.46. The lowest BCUT2D eigenvalue weighted by molar-refractivity contribution is 0.119. The fourth-order valence-corrected chi connectivity index (χ4v) is 2.95. The predicted octanol–water partition coefficient (Wildman–Crippen LogP) is 0.802. The highest BCUT2D eigenvalue weighted by atomic mass is 16.2. The SMILES string of the molecule is Cc1ccc2nc(CN3CCN(C(=O)N(C)C)CC3)cc(=O)n2c1. The third kappa shape index (κ3) is 3.41. The Morgan fingerprint density at radius 2 is 1.92 bits per heavy atom. The lowest BCUT2D eigenvalue weighted by Gasteiger charge is -2.35. The number of pyridine rings is 1. The molecular formula is C17H23N5O2. The number of hydrogen-bond donors (Lipinski definition) is 0. The maximum atomic E-state index is 12.3. The molecular weight excluding hydrogens is 306 g/mol. The zero-order valence-electron chi connectivity index (χ0n) is 14.4. The fourth-order valence-electron chi connectivity index (χ4n) is 2.95. The van der Waals surface area contributed by atoms with E-state index in [1.165, 1.54) is 0 Å². The number of urea groups is 1. The quantitative estimate of drug-likeness (QED) is 0.818. The van der Waals surface area contributed by atoms with E-state index < -0.39 is 0 Å². The maximum Gasteiger partial charge on any atom is 0.319 e. The van der Waals surface area contributed by atoms with Crippen LogP contribution in [0.4, 0.5) is 4.79 Å². The zero-order chi connectivity index (χ0) is 17.3. The first kappa shape index (κ1) is 16.4. The number of hydrogen-bond acceptors (Lipinski definition) is 4. The van der Waals surface area contributed by atoms with Crippen LogP contribution in [0.5, 0.6) is 0 Å². The van der Waals surface area contributed by atoms with Gasteiger partial charge in [-0.25, -0.2) is 9.78 Å². The Hall–Kier alpha value is -2.41. The Bertz CT molecular complexity index is 806. The first-order valence-corrected chi connectivity index (χ1v) is 8.11. The van der Waals surface area contributed by atoms with Crippen LogP contribution >= 0.6 is 0 Å². The molecule has 2 aromatic heterocycles. The largest absolute Gasteiger partial charge is 0.331 e. The van der Waals surface area contributed by atoms with E-state index in [-0.39, 0.29) is 11.6 Å². The molecule has 0 bridgehead atoms. The monoisotopic (exact) mass is 329 g/mol. The summed E-state index contributed by atoms with van der Waals surface area (Å²) in [5.41, 5.74) is 2.42. The molecule has 1 saturated heterocycles. The van der Waals surface area contributed by atoms with Crippen LogP contribution in [0.3, 0.4) is 0 Å². The third-order valence-corrected chi connectivity index (χ3v) is 4.27. The van der Waals surface area contributed by atoms with Crippen molar-refractivity contribution in [3.63, 3.8) is 0 Å². The normalized spacial score (nSPS) is 15.7. The summed E-state index contributed by atoms with van der Waals surface area (Å²) in [5.74, 6) is 0. The van der Waals surface area contributed by atoms with Crippen molar-refractivity contribution in [2.45, 2.75) is 13.5 Å². The molecule has 0 aromatic carbocycles. The van der Waals surface area contributed by atoms with Gasteiger partial charge in [-0.2, -0.15) is 0 Å². The van der Waals surface area contributed by atoms with Crippen LogP contribution in [0, 0.1) is 6.92 Å². The molecule has 3 heterocycles. The second kappa shape index (κ2) is 6.60. The summed E-state index contributed by atoms with van der Waals surface area (Å²) in [4.78, 5) is 34.5. The number of aryl methyl sites for hydroxylation is 1. The Morgan fingerprint density at radius 3 is 2.58 bits per heavy atom.